The highest BCUT2D eigenvalue weighted by molar-refractivity contribution is 5.91. The van der Waals surface area contributed by atoms with Crippen LogP contribution in [0.5, 0.6) is 5.75 Å². The van der Waals surface area contributed by atoms with Crippen molar-refractivity contribution in [3.63, 3.8) is 0 Å². The third kappa shape index (κ3) is 2.51. The standard InChI is InChI=1S/C12H14N2O2/c1-9(14-16-3)11(8-13)10-6-4-5-7-12(10)15-2/h4-7,11H,1-3H3/b14-9+. The Kier molecular flexibility index (Phi) is 4.34. The number of hydrogen-bond acceptors (Lipinski definition) is 4. The minimum Gasteiger partial charge on any atom is -0.496 e. The van der Waals surface area contributed by atoms with Gasteiger partial charge in [-0.25, -0.2) is 0 Å². The molecule has 0 fully saturated rings. The van der Waals surface area contributed by atoms with Gasteiger partial charge in [0.05, 0.1) is 18.9 Å². The number of nitrogens with zero attached hydrogens (tertiary/aromatic N) is 2. The molecule has 0 bridgehead atoms. The van der Waals surface area contributed by atoms with E-state index >= 15 is 0 Å². The van der Waals surface area contributed by atoms with Crippen LogP contribution in [0.1, 0.15) is 18.4 Å². The monoisotopic (exact) mass is 218 g/mol. The summed E-state index contributed by atoms with van der Waals surface area (Å²) < 4.78 is 5.21. The molecule has 1 aromatic carbocycles. The van der Waals surface area contributed by atoms with Crippen molar-refractivity contribution in [3.8, 4) is 11.8 Å². The van der Waals surface area contributed by atoms with Gasteiger partial charge in [-0.05, 0) is 13.0 Å². The van der Waals surface area contributed by atoms with Gasteiger partial charge >= 0.3 is 0 Å². The first-order valence-electron chi connectivity index (χ1n) is 4.84. The van der Waals surface area contributed by atoms with Gasteiger partial charge in [0.25, 0.3) is 0 Å². The number of ether oxygens (including phenoxy) is 1. The lowest BCUT2D eigenvalue weighted by atomic mass is 9.95. The average Bonchev–Trinajstić information content (AvgIpc) is 2.31. The zero-order valence-electron chi connectivity index (χ0n) is 9.60. The summed E-state index contributed by atoms with van der Waals surface area (Å²) in [7, 11) is 3.04. The smallest absolute Gasteiger partial charge is 0.123 e. The van der Waals surface area contributed by atoms with Crippen molar-refractivity contribution in [1.82, 2.24) is 0 Å². The Bertz CT molecular complexity index is 421. The number of para-hydroxylation sites is 1. The molecule has 0 aliphatic rings. The average molecular weight is 218 g/mol. The summed E-state index contributed by atoms with van der Waals surface area (Å²) in [6, 6.07) is 9.58. The normalized spacial score (nSPS) is 12.8. The fraction of sp³-hybridized carbons (Fsp3) is 0.333. The molecule has 0 spiro atoms. The van der Waals surface area contributed by atoms with Crippen LogP contribution in [0.3, 0.4) is 0 Å². The molecule has 0 aliphatic heterocycles. The molecule has 1 rings (SSSR count). The van der Waals surface area contributed by atoms with E-state index in [0.29, 0.717) is 11.5 Å². The van der Waals surface area contributed by atoms with Crippen molar-refractivity contribution in [2.75, 3.05) is 14.2 Å². The molecule has 0 heterocycles. The molecule has 0 aromatic heterocycles. The van der Waals surface area contributed by atoms with E-state index < -0.39 is 5.92 Å². The summed E-state index contributed by atoms with van der Waals surface area (Å²) in [5.41, 5.74) is 1.40. The molecule has 4 nitrogen and oxygen atoms in total. The molecule has 1 unspecified atom stereocenters. The number of oxime groups is 1. The summed E-state index contributed by atoms with van der Waals surface area (Å²) in [6.45, 7) is 1.75. The van der Waals surface area contributed by atoms with Crippen LogP contribution < -0.4 is 4.74 Å². The third-order valence-electron chi connectivity index (χ3n) is 2.23. The molecule has 0 saturated heterocycles. The molecule has 4 heteroatoms. The van der Waals surface area contributed by atoms with Crippen LogP contribution in [0.25, 0.3) is 0 Å². The second-order valence-corrected chi connectivity index (χ2v) is 3.22. The molecule has 0 radical (unpaired) electrons. The molecule has 16 heavy (non-hydrogen) atoms. The van der Waals surface area contributed by atoms with Crippen LogP contribution in [0, 0.1) is 11.3 Å². The SMILES string of the molecule is CO/N=C(\C)C(C#N)c1ccccc1OC. The lowest BCUT2D eigenvalue weighted by Crippen LogP contribution is -2.09. The maximum absolute atomic E-state index is 9.15. The highest BCUT2D eigenvalue weighted by Crippen LogP contribution is 2.27. The van der Waals surface area contributed by atoms with Crippen LogP contribution in [0.15, 0.2) is 29.4 Å². The summed E-state index contributed by atoms with van der Waals surface area (Å²) >= 11 is 0. The Hall–Kier alpha value is -2.02. The molecule has 1 atom stereocenters. The number of rotatable bonds is 4. The highest BCUT2D eigenvalue weighted by Gasteiger charge is 2.18. The molecule has 0 aliphatic carbocycles. The van der Waals surface area contributed by atoms with Gasteiger partial charge in [0.15, 0.2) is 0 Å². The topological polar surface area (TPSA) is 54.6 Å². The predicted octanol–water partition coefficient (Wildman–Crippen LogP) is 2.32. The number of methoxy groups -OCH3 is 1. The van der Waals surface area contributed by atoms with Gasteiger partial charge < -0.3 is 9.57 Å². The first-order chi connectivity index (χ1) is 7.74. The van der Waals surface area contributed by atoms with Crippen molar-refractivity contribution in [1.29, 1.82) is 5.26 Å². The van der Waals surface area contributed by atoms with Gasteiger partial charge in [-0.3, -0.25) is 0 Å². The zero-order valence-corrected chi connectivity index (χ0v) is 9.60. The molecule has 84 valence electrons. The minimum atomic E-state index is -0.448. The fourth-order valence-electron chi connectivity index (χ4n) is 1.49. The first kappa shape index (κ1) is 12.1. The second kappa shape index (κ2) is 5.76. The van der Waals surface area contributed by atoms with E-state index in [9.17, 15) is 0 Å². The molecular weight excluding hydrogens is 204 g/mol. The summed E-state index contributed by atoms with van der Waals surface area (Å²) in [4.78, 5) is 4.68. The van der Waals surface area contributed by atoms with Gasteiger partial charge in [-0.2, -0.15) is 5.26 Å². The van der Waals surface area contributed by atoms with E-state index in [0.717, 1.165) is 5.56 Å². The quantitative estimate of drug-likeness (QED) is 0.575. The maximum atomic E-state index is 9.15. The Balaban J connectivity index is 3.14. The second-order valence-electron chi connectivity index (χ2n) is 3.22. The molecule has 0 amide bonds. The summed E-state index contributed by atoms with van der Waals surface area (Å²) in [5, 5.41) is 12.9. The first-order valence-corrected chi connectivity index (χ1v) is 4.84. The Morgan fingerprint density at radius 1 is 1.38 bits per heavy atom. The van der Waals surface area contributed by atoms with Gasteiger partial charge in [0.2, 0.25) is 0 Å². The summed E-state index contributed by atoms with van der Waals surface area (Å²) in [5.74, 6) is 0.232. The van der Waals surface area contributed by atoms with E-state index in [1.165, 1.54) is 7.11 Å². The lowest BCUT2D eigenvalue weighted by molar-refractivity contribution is 0.212. The van der Waals surface area contributed by atoms with E-state index in [2.05, 4.69) is 16.1 Å². The third-order valence-corrected chi connectivity index (χ3v) is 2.23. The van der Waals surface area contributed by atoms with Gasteiger partial charge in [0.1, 0.15) is 18.8 Å². The number of benzene rings is 1. The van der Waals surface area contributed by atoms with E-state index in [4.69, 9.17) is 10.00 Å². The Morgan fingerprint density at radius 2 is 2.06 bits per heavy atom. The van der Waals surface area contributed by atoms with Crippen LogP contribution >= 0.6 is 0 Å². The maximum Gasteiger partial charge on any atom is 0.123 e. The van der Waals surface area contributed by atoms with Gasteiger partial charge in [0, 0.05) is 5.56 Å². The number of hydrogen-bond donors (Lipinski definition) is 0. The van der Waals surface area contributed by atoms with Crippen LogP contribution in [-0.4, -0.2) is 19.9 Å². The van der Waals surface area contributed by atoms with Crippen LogP contribution in [0.4, 0.5) is 0 Å². The highest BCUT2D eigenvalue weighted by atomic mass is 16.6. The van der Waals surface area contributed by atoms with Gasteiger partial charge in [-0.1, -0.05) is 23.4 Å². The van der Waals surface area contributed by atoms with E-state index in [-0.39, 0.29) is 0 Å². The molecule has 0 N–H and O–H groups in total. The van der Waals surface area contributed by atoms with Gasteiger partial charge in [-0.15, -0.1) is 0 Å². The molecule has 0 saturated carbocycles. The minimum absolute atomic E-state index is 0.448. The van der Waals surface area contributed by atoms with Crippen molar-refractivity contribution in [2.24, 2.45) is 5.16 Å². The Morgan fingerprint density at radius 3 is 2.62 bits per heavy atom. The van der Waals surface area contributed by atoms with E-state index in [1.807, 2.05) is 24.3 Å². The van der Waals surface area contributed by atoms with Crippen molar-refractivity contribution >= 4 is 5.71 Å². The fourth-order valence-corrected chi connectivity index (χ4v) is 1.49. The molecular formula is C12H14N2O2. The molecule has 1 aromatic rings. The summed E-state index contributed by atoms with van der Waals surface area (Å²) in [6.07, 6.45) is 0. The van der Waals surface area contributed by atoms with Crippen LogP contribution in [0.2, 0.25) is 0 Å². The zero-order chi connectivity index (χ0) is 12.0. The van der Waals surface area contributed by atoms with Crippen molar-refractivity contribution in [3.05, 3.63) is 29.8 Å². The van der Waals surface area contributed by atoms with E-state index in [1.54, 1.807) is 14.0 Å². The lowest BCUT2D eigenvalue weighted by Gasteiger charge is -2.12. The largest absolute Gasteiger partial charge is 0.496 e. The predicted molar refractivity (Wildman–Crippen MR) is 61.5 cm³/mol. The van der Waals surface area contributed by atoms with Crippen molar-refractivity contribution < 1.29 is 9.57 Å². The number of nitriles is 1. The Labute approximate surface area is 95.1 Å². The van der Waals surface area contributed by atoms with Crippen LogP contribution in [-0.2, 0) is 4.84 Å². The van der Waals surface area contributed by atoms with Crippen molar-refractivity contribution in [2.45, 2.75) is 12.8 Å².